The van der Waals surface area contributed by atoms with Crippen LogP contribution in [-0.4, -0.2) is 57.8 Å². The summed E-state index contributed by atoms with van der Waals surface area (Å²) in [7, 11) is -2.17. The van der Waals surface area contributed by atoms with Crippen molar-refractivity contribution in [2.45, 2.75) is 50.0 Å². The van der Waals surface area contributed by atoms with E-state index in [-0.39, 0.29) is 23.5 Å². The second-order valence-electron chi connectivity index (χ2n) is 6.83. The first-order valence-corrected chi connectivity index (χ1v) is 10.4. The smallest absolute Gasteiger partial charge is 0.244 e. The molecule has 25 heavy (non-hydrogen) atoms. The highest BCUT2D eigenvalue weighted by molar-refractivity contribution is 7.89. The van der Waals surface area contributed by atoms with Gasteiger partial charge in [0.1, 0.15) is 10.6 Å². The Kier molecular flexibility index (Phi) is 7.25. The molecule has 2 N–H and O–H groups in total. The molecule has 0 aliphatic carbocycles. The van der Waals surface area contributed by atoms with Gasteiger partial charge in [-0.1, -0.05) is 26.3 Å². The summed E-state index contributed by atoms with van der Waals surface area (Å²) < 4.78 is 33.4. The first-order chi connectivity index (χ1) is 11.9. The minimum Gasteiger partial charge on any atom is -0.495 e. The van der Waals surface area contributed by atoms with Crippen molar-refractivity contribution in [3.05, 3.63) is 23.8 Å². The molecule has 0 aromatic heterocycles. The Bertz CT molecular complexity index is 661. The van der Waals surface area contributed by atoms with Gasteiger partial charge in [0.25, 0.3) is 0 Å². The number of hydrogen-bond donors (Lipinski definition) is 2. The molecule has 1 heterocycles. The van der Waals surface area contributed by atoms with Gasteiger partial charge in [-0.2, -0.15) is 0 Å². The van der Waals surface area contributed by atoms with Crippen LogP contribution in [0.3, 0.4) is 0 Å². The molecular formula is C18H30N2O4S. The SMILES string of the molecule is COc1ccc(C(C)C)cc1S(=O)(=O)NCCN1CCCCC1CO. The molecule has 1 fully saturated rings. The van der Waals surface area contributed by atoms with Crippen LogP contribution in [0.1, 0.15) is 44.6 Å². The van der Waals surface area contributed by atoms with E-state index in [4.69, 9.17) is 4.74 Å². The van der Waals surface area contributed by atoms with E-state index in [0.29, 0.717) is 18.8 Å². The molecule has 7 heteroatoms. The van der Waals surface area contributed by atoms with Crippen LogP contribution in [0.5, 0.6) is 5.75 Å². The number of sulfonamides is 1. The van der Waals surface area contributed by atoms with E-state index >= 15 is 0 Å². The number of piperidine rings is 1. The van der Waals surface area contributed by atoms with Gasteiger partial charge in [-0.3, -0.25) is 4.90 Å². The van der Waals surface area contributed by atoms with Gasteiger partial charge >= 0.3 is 0 Å². The van der Waals surface area contributed by atoms with Gasteiger partial charge in [0.2, 0.25) is 10.0 Å². The predicted octanol–water partition coefficient (Wildman–Crippen LogP) is 1.94. The fourth-order valence-corrected chi connectivity index (χ4v) is 4.45. The van der Waals surface area contributed by atoms with Crippen LogP contribution in [0.4, 0.5) is 0 Å². The van der Waals surface area contributed by atoms with Crippen molar-refractivity contribution >= 4 is 10.0 Å². The second kappa shape index (κ2) is 8.98. The monoisotopic (exact) mass is 370 g/mol. The van der Waals surface area contributed by atoms with E-state index in [1.807, 2.05) is 19.9 Å². The van der Waals surface area contributed by atoms with Crippen molar-refractivity contribution in [2.75, 3.05) is 33.4 Å². The molecule has 1 unspecified atom stereocenters. The summed E-state index contributed by atoms with van der Waals surface area (Å²) in [4.78, 5) is 2.34. The zero-order valence-electron chi connectivity index (χ0n) is 15.4. The first-order valence-electron chi connectivity index (χ1n) is 8.91. The number of aliphatic hydroxyl groups excluding tert-OH is 1. The zero-order chi connectivity index (χ0) is 18.4. The molecule has 2 rings (SSSR count). The van der Waals surface area contributed by atoms with Crippen LogP contribution in [0, 0.1) is 0 Å². The quantitative estimate of drug-likeness (QED) is 0.731. The maximum absolute atomic E-state index is 12.7. The summed E-state index contributed by atoms with van der Waals surface area (Å²) in [5.41, 5.74) is 0.956. The Hall–Kier alpha value is -1.15. The van der Waals surface area contributed by atoms with Crippen molar-refractivity contribution < 1.29 is 18.3 Å². The molecule has 0 saturated carbocycles. The van der Waals surface area contributed by atoms with E-state index in [0.717, 1.165) is 31.4 Å². The van der Waals surface area contributed by atoms with E-state index in [1.165, 1.54) is 7.11 Å². The van der Waals surface area contributed by atoms with Gasteiger partial charge in [0.15, 0.2) is 0 Å². The van der Waals surface area contributed by atoms with Crippen LogP contribution in [0.2, 0.25) is 0 Å². The molecule has 0 amide bonds. The normalized spacial score (nSPS) is 19.3. The van der Waals surface area contributed by atoms with Gasteiger partial charge in [0, 0.05) is 19.1 Å². The minimum atomic E-state index is -3.65. The highest BCUT2D eigenvalue weighted by Gasteiger charge is 2.24. The Morgan fingerprint density at radius 2 is 2.12 bits per heavy atom. The molecule has 1 aromatic carbocycles. The largest absolute Gasteiger partial charge is 0.495 e. The highest BCUT2D eigenvalue weighted by atomic mass is 32.2. The van der Waals surface area contributed by atoms with Crippen molar-refractivity contribution in [1.29, 1.82) is 0 Å². The zero-order valence-corrected chi connectivity index (χ0v) is 16.2. The summed E-state index contributed by atoms with van der Waals surface area (Å²) in [5.74, 6) is 0.585. The van der Waals surface area contributed by atoms with Crippen molar-refractivity contribution in [1.82, 2.24) is 9.62 Å². The average Bonchev–Trinajstić information content (AvgIpc) is 2.61. The summed E-state index contributed by atoms with van der Waals surface area (Å²) in [6, 6.07) is 5.42. The third-order valence-corrected chi connectivity index (χ3v) is 6.28. The molecule has 1 aromatic rings. The summed E-state index contributed by atoms with van der Waals surface area (Å²) in [5, 5.41) is 9.45. The lowest BCUT2D eigenvalue weighted by atomic mass is 10.0. The molecule has 6 nitrogen and oxygen atoms in total. The van der Waals surface area contributed by atoms with Gasteiger partial charge in [0.05, 0.1) is 13.7 Å². The molecule has 0 bridgehead atoms. The van der Waals surface area contributed by atoms with E-state index in [2.05, 4.69) is 9.62 Å². The van der Waals surface area contributed by atoms with Gasteiger partial charge < -0.3 is 9.84 Å². The van der Waals surface area contributed by atoms with Gasteiger partial charge in [-0.05, 0) is 43.0 Å². The van der Waals surface area contributed by atoms with Gasteiger partial charge in [-0.15, -0.1) is 0 Å². The van der Waals surface area contributed by atoms with E-state index in [9.17, 15) is 13.5 Å². The van der Waals surface area contributed by atoms with Crippen LogP contribution < -0.4 is 9.46 Å². The van der Waals surface area contributed by atoms with Crippen molar-refractivity contribution in [3.63, 3.8) is 0 Å². The lowest BCUT2D eigenvalue weighted by molar-refractivity contribution is 0.0923. The Morgan fingerprint density at radius 1 is 1.36 bits per heavy atom. The summed E-state index contributed by atoms with van der Waals surface area (Å²) >= 11 is 0. The molecule has 0 radical (unpaired) electrons. The molecule has 1 saturated heterocycles. The Morgan fingerprint density at radius 3 is 2.76 bits per heavy atom. The number of aliphatic hydroxyl groups is 1. The lowest BCUT2D eigenvalue weighted by Gasteiger charge is -2.34. The average molecular weight is 371 g/mol. The number of benzene rings is 1. The topological polar surface area (TPSA) is 78.9 Å². The molecule has 1 aliphatic rings. The van der Waals surface area contributed by atoms with Crippen molar-refractivity contribution in [3.8, 4) is 5.75 Å². The lowest BCUT2D eigenvalue weighted by Crippen LogP contribution is -2.45. The molecule has 1 atom stereocenters. The second-order valence-corrected chi connectivity index (χ2v) is 8.57. The molecular weight excluding hydrogens is 340 g/mol. The number of ether oxygens (including phenoxy) is 1. The third-order valence-electron chi connectivity index (χ3n) is 4.79. The molecule has 1 aliphatic heterocycles. The maximum atomic E-state index is 12.7. The number of rotatable bonds is 8. The standard InChI is InChI=1S/C18H30N2O4S/c1-14(2)15-7-8-17(24-3)18(12-15)25(22,23)19-9-11-20-10-5-4-6-16(20)13-21/h7-8,12,14,16,19,21H,4-6,9-11,13H2,1-3H3. The van der Waals surface area contributed by atoms with Crippen LogP contribution in [0.25, 0.3) is 0 Å². The van der Waals surface area contributed by atoms with Crippen molar-refractivity contribution in [2.24, 2.45) is 0 Å². The maximum Gasteiger partial charge on any atom is 0.244 e. The van der Waals surface area contributed by atoms with E-state index in [1.54, 1.807) is 12.1 Å². The summed E-state index contributed by atoms with van der Waals surface area (Å²) in [6.07, 6.45) is 3.17. The molecule has 0 spiro atoms. The van der Waals surface area contributed by atoms with E-state index < -0.39 is 10.0 Å². The third kappa shape index (κ3) is 5.17. The van der Waals surface area contributed by atoms with Gasteiger partial charge in [-0.25, -0.2) is 13.1 Å². The Balaban J connectivity index is 2.07. The first kappa shape index (κ1) is 20.2. The minimum absolute atomic E-state index is 0.122. The summed E-state index contributed by atoms with van der Waals surface area (Å²) in [6.45, 7) is 5.98. The predicted molar refractivity (Wildman–Crippen MR) is 98.6 cm³/mol. The highest BCUT2D eigenvalue weighted by Crippen LogP contribution is 2.27. The fourth-order valence-electron chi connectivity index (χ4n) is 3.22. The van der Waals surface area contributed by atoms with Crippen LogP contribution in [0.15, 0.2) is 23.1 Å². The number of hydrogen-bond acceptors (Lipinski definition) is 5. The number of nitrogens with one attached hydrogen (secondary N) is 1. The van der Waals surface area contributed by atoms with Crippen LogP contribution in [-0.2, 0) is 10.0 Å². The number of nitrogens with zero attached hydrogens (tertiary/aromatic N) is 1. The molecule has 142 valence electrons. The number of likely N-dealkylation sites (tertiary alicyclic amines) is 1. The number of methoxy groups -OCH3 is 1. The fraction of sp³-hybridized carbons (Fsp3) is 0.667. The Labute approximate surface area is 151 Å². The van der Waals surface area contributed by atoms with Crippen LogP contribution >= 0.6 is 0 Å².